The van der Waals surface area contributed by atoms with Gasteiger partial charge in [0.05, 0.1) is 12.5 Å². The third-order valence-electron chi connectivity index (χ3n) is 5.09. The molecule has 3 aliphatic rings. The quantitative estimate of drug-likeness (QED) is 0.780. The lowest BCUT2D eigenvalue weighted by molar-refractivity contribution is -0.119. The van der Waals surface area contributed by atoms with Crippen LogP contribution in [0.15, 0.2) is 18.2 Å². The molecule has 2 atom stereocenters. The number of hydrogen-bond acceptors (Lipinski definition) is 4. The molecule has 2 unspecified atom stereocenters. The van der Waals surface area contributed by atoms with E-state index in [1.54, 1.807) is 11.0 Å². The van der Waals surface area contributed by atoms with Gasteiger partial charge in [-0.05, 0) is 12.5 Å². The van der Waals surface area contributed by atoms with Crippen LogP contribution in [-0.4, -0.2) is 36.9 Å². The molecule has 0 saturated heterocycles. The zero-order chi connectivity index (χ0) is 16.2. The van der Waals surface area contributed by atoms with Gasteiger partial charge in [0.1, 0.15) is 11.9 Å². The fourth-order valence-electron chi connectivity index (χ4n) is 3.95. The van der Waals surface area contributed by atoms with E-state index in [0.717, 1.165) is 12.0 Å². The second kappa shape index (κ2) is 4.81. The van der Waals surface area contributed by atoms with Gasteiger partial charge in [-0.3, -0.25) is 9.59 Å². The summed E-state index contributed by atoms with van der Waals surface area (Å²) in [5.74, 6) is 0.408. The smallest absolute Gasteiger partial charge is 0.210 e. The molecule has 1 aromatic carbocycles. The van der Waals surface area contributed by atoms with Gasteiger partial charge in [-0.25, -0.2) is 4.39 Å². The first-order valence-electron chi connectivity index (χ1n) is 7.57. The third kappa shape index (κ3) is 1.84. The number of halogens is 1. The Morgan fingerprint density at radius 3 is 3.09 bits per heavy atom. The van der Waals surface area contributed by atoms with Crippen molar-refractivity contribution in [2.45, 2.75) is 30.9 Å². The molecule has 23 heavy (non-hydrogen) atoms. The molecular formula is C17H16FNO4. The minimum Gasteiger partial charge on any atom is -0.493 e. The minimum absolute atomic E-state index is 0.00842. The summed E-state index contributed by atoms with van der Waals surface area (Å²) in [5.41, 5.74) is 0.602. The maximum absolute atomic E-state index is 14.7. The number of benzene rings is 1. The maximum Gasteiger partial charge on any atom is 0.210 e. The van der Waals surface area contributed by atoms with Crippen LogP contribution in [0.2, 0.25) is 0 Å². The number of allylic oxidation sites excluding steroid dienone is 1. The molecule has 2 heterocycles. The zero-order valence-corrected chi connectivity index (χ0v) is 12.7. The molecule has 1 amide bonds. The van der Waals surface area contributed by atoms with Crippen LogP contribution in [0.5, 0.6) is 11.5 Å². The largest absolute Gasteiger partial charge is 0.493 e. The van der Waals surface area contributed by atoms with Crippen molar-refractivity contribution < 1.29 is 23.5 Å². The first-order valence-corrected chi connectivity index (χ1v) is 7.57. The van der Waals surface area contributed by atoms with Crippen LogP contribution in [0.4, 0.5) is 4.39 Å². The van der Waals surface area contributed by atoms with Crippen LogP contribution in [0.1, 0.15) is 24.0 Å². The maximum atomic E-state index is 14.7. The van der Waals surface area contributed by atoms with E-state index in [4.69, 9.17) is 9.47 Å². The molecule has 0 aromatic heterocycles. The highest BCUT2D eigenvalue weighted by Gasteiger charge is 2.53. The van der Waals surface area contributed by atoms with Crippen LogP contribution in [0.3, 0.4) is 0 Å². The van der Waals surface area contributed by atoms with Crippen LogP contribution in [-0.2, 0) is 21.5 Å². The molecule has 6 heteroatoms. The average molecular weight is 317 g/mol. The lowest BCUT2D eigenvalue weighted by atomic mass is 9.69. The molecule has 5 nitrogen and oxygen atoms in total. The van der Waals surface area contributed by atoms with Gasteiger partial charge < -0.3 is 14.4 Å². The minimum atomic E-state index is -0.578. The summed E-state index contributed by atoms with van der Waals surface area (Å²) in [7, 11) is 1.46. The van der Waals surface area contributed by atoms with E-state index < -0.39 is 11.2 Å². The highest BCUT2D eigenvalue weighted by atomic mass is 19.1. The molecule has 120 valence electrons. The first-order chi connectivity index (χ1) is 11.1. The fraction of sp³-hybridized carbons (Fsp3) is 0.412. The lowest BCUT2D eigenvalue weighted by Gasteiger charge is -2.33. The lowest BCUT2D eigenvalue weighted by Crippen LogP contribution is -2.41. The molecule has 0 fully saturated rings. The number of nitrogens with zero attached hydrogens (tertiary/aromatic N) is 1. The second-order valence-electron chi connectivity index (χ2n) is 6.22. The van der Waals surface area contributed by atoms with E-state index in [9.17, 15) is 14.0 Å². The Labute approximate surface area is 132 Å². The summed E-state index contributed by atoms with van der Waals surface area (Å²) in [6.45, 7) is 0.680. The molecular weight excluding hydrogens is 301 g/mol. The molecule has 0 saturated carbocycles. The number of carbonyl (C=O) groups excluding carboxylic acids is 2. The van der Waals surface area contributed by atoms with Gasteiger partial charge in [0.25, 0.3) is 0 Å². The fourth-order valence-corrected chi connectivity index (χ4v) is 3.95. The Kier molecular flexibility index (Phi) is 2.98. The van der Waals surface area contributed by atoms with Crippen molar-refractivity contribution in [2.75, 3.05) is 13.7 Å². The predicted molar refractivity (Wildman–Crippen MR) is 78.9 cm³/mol. The van der Waals surface area contributed by atoms with E-state index in [1.165, 1.54) is 13.2 Å². The van der Waals surface area contributed by atoms with Gasteiger partial charge >= 0.3 is 0 Å². The van der Waals surface area contributed by atoms with Crippen molar-refractivity contribution in [1.29, 1.82) is 0 Å². The van der Waals surface area contributed by atoms with Crippen molar-refractivity contribution in [3.63, 3.8) is 0 Å². The van der Waals surface area contributed by atoms with Gasteiger partial charge in [-0.1, -0.05) is 6.08 Å². The standard InChI is InChI=1S/C17H16FNO4/c1-22-13-7-12(18)11-8-19(9-20)5-4-17-3-2-10(21)6-14(17)23-16(13)15(11)17/h2-3,7,9,14H,4-6,8H2,1H3. The second-order valence-corrected chi connectivity index (χ2v) is 6.22. The predicted octanol–water partition coefficient (Wildman–Crippen LogP) is 1.72. The molecule has 2 aliphatic heterocycles. The Bertz CT molecular complexity index is 745. The molecule has 4 rings (SSSR count). The molecule has 0 N–H and O–H groups in total. The van der Waals surface area contributed by atoms with Crippen LogP contribution in [0.25, 0.3) is 0 Å². The summed E-state index contributed by atoms with van der Waals surface area (Å²) in [6, 6.07) is 1.29. The van der Waals surface area contributed by atoms with Crippen molar-refractivity contribution >= 4 is 12.2 Å². The highest BCUT2D eigenvalue weighted by molar-refractivity contribution is 5.92. The van der Waals surface area contributed by atoms with Gasteiger partial charge in [-0.15, -0.1) is 0 Å². The van der Waals surface area contributed by atoms with E-state index in [2.05, 4.69) is 0 Å². The third-order valence-corrected chi connectivity index (χ3v) is 5.09. The summed E-state index contributed by atoms with van der Waals surface area (Å²) >= 11 is 0. The Hall–Kier alpha value is -2.37. The number of ketones is 1. The Morgan fingerprint density at radius 2 is 2.35 bits per heavy atom. The van der Waals surface area contributed by atoms with Gasteiger partial charge in [-0.2, -0.15) is 0 Å². The van der Waals surface area contributed by atoms with Crippen molar-refractivity contribution in [1.82, 2.24) is 4.90 Å². The van der Waals surface area contributed by atoms with E-state index >= 15 is 0 Å². The first kappa shape index (κ1) is 14.2. The van der Waals surface area contributed by atoms with Gasteiger partial charge in [0.15, 0.2) is 17.3 Å². The molecule has 1 spiro atoms. The summed E-state index contributed by atoms with van der Waals surface area (Å²) in [6.07, 6.45) is 4.57. The highest BCUT2D eigenvalue weighted by Crippen LogP contribution is 2.55. The van der Waals surface area contributed by atoms with Crippen LogP contribution in [0, 0.1) is 5.82 Å². The molecule has 0 radical (unpaired) electrons. The van der Waals surface area contributed by atoms with E-state index in [0.29, 0.717) is 30.0 Å². The van der Waals surface area contributed by atoms with Crippen molar-refractivity contribution in [3.8, 4) is 11.5 Å². The number of carbonyl (C=O) groups is 2. The Morgan fingerprint density at radius 1 is 1.52 bits per heavy atom. The molecule has 0 bridgehead atoms. The van der Waals surface area contributed by atoms with E-state index in [1.807, 2.05) is 6.08 Å². The SMILES string of the molecule is COc1cc(F)c2c3c1OC1CC(=O)C=CC31CCN(C=O)C2. The number of hydrogen-bond donors (Lipinski definition) is 0. The topological polar surface area (TPSA) is 55.8 Å². The van der Waals surface area contributed by atoms with Crippen molar-refractivity contribution in [2.24, 2.45) is 0 Å². The number of rotatable bonds is 2. The van der Waals surface area contributed by atoms with Gasteiger partial charge in [0, 0.05) is 36.7 Å². The zero-order valence-electron chi connectivity index (χ0n) is 12.7. The summed E-state index contributed by atoms with van der Waals surface area (Å²) in [5, 5.41) is 0. The summed E-state index contributed by atoms with van der Waals surface area (Å²) < 4.78 is 26.0. The van der Waals surface area contributed by atoms with Crippen LogP contribution >= 0.6 is 0 Å². The average Bonchev–Trinajstić information content (AvgIpc) is 2.77. The monoisotopic (exact) mass is 317 g/mol. The Balaban J connectivity index is 2.00. The number of methoxy groups -OCH3 is 1. The number of ether oxygens (including phenoxy) is 2. The molecule has 1 aliphatic carbocycles. The number of amides is 1. The normalized spacial score (nSPS) is 27.8. The summed E-state index contributed by atoms with van der Waals surface area (Å²) in [4.78, 5) is 24.6. The van der Waals surface area contributed by atoms with Crippen molar-refractivity contribution in [3.05, 3.63) is 35.2 Å². The van der Waals surface area contributed by atoms with Gasteiger partial charge in [0.2, 0.25) is 6.41 Å². The van der Waals surface area contributed by atoms with E-state index in [-0.39, 0.29) is 24.9 Å². The van der Waals surface area contributed by atoms with Crippen LogP contribution < -0.4 is 9.47 Å². The molecule has 1 aromatic rings.